The summed E-state index contributed by atoms with van der Waals surface area (Å²) in [5, 5.41) is 19.0. The van der Waals surface area contributed by atoms with E-state index >= 15 is 0 Å². The molecule has 0 aliphatic carbocycles. The summed E-state index contributed by atoms with van der Waals surface area (Å²) in [5.41, 5.74) is 0.489. The normalized spacial score (nSPS) is 11.6. The molecule has 2 aromatic carbocycles. The van der Waals surface area contributed by atoms with E-state index in [2.05, 4.69) is 10.3 Å². The zero-order valence-electron chi connectivity index (χ0n) is 16.2. The number of hydrogen-bond acceptors (Lipinski definition) is 7. The van der Waals surface area contributed by atoms with E-state index < -0.39 is 32.4 Å². The molecule has 0 fully saturated rings. The molecule has 0 bridgehead atoms. The number of halogens is 1. The Morgan fingerprint density at radius 3 is 2.71 bits per heavy atom. The maximum atomic E-state index is 13.4. The molecule has 3 N–H and O–H groups in total. The summed E-state index contributed by atoms with van der Waals surface area (Å²) in [7, 11) is -3.88. The number of rotatable bonds is 8. The first-order chi connectivity index (χ1) is 14.6. The molecule has 1 aromatic heterocycles. The Bertz CT molecular complexity index is 1280. The minimum absolute atomic E-state index is 0.0617. The van der Waals surface area contributed by atoms with Gasteiger partial charge in [-0.3, -0.25) is 14.9 Å². The highest BCUT2D eigenvalue weighted by atomic mass is 32.2. The number of carbonyl (C=O) groups is 1. The molecule has 0 radical (unpaired) electrons. The van der Waals surface area contributed by atoms with Crippen molar-refractivity contribution in [3.8, 4) is 0 Å². The molecule has 0 aliphatic heterocycles. The summed E-state index contributed by atoms with van der Waals surface area (Å²) in [4.78, 5) is 26.6. The smallest absolute Gasteiger partial charge is 0.306 e. The van der Waals surface area contributed by atoms with Gasteiger partial charge in [0.1, 0.15) is 0 Å². The average molecular weight is 468 g/mol. The SMILES string of the molecule is CCCn1c(SCC(=O)Nc2ccc(F)c([N+](=O)[O-])c2)nc2cc(S(N)(=O)=O)ccc21. The Morgan fingerprint density at radius 2 is 2.06 bits per heavy atom. The van der Waals surface area contributed by atoms with Gasteiger partial charge in [0.15, 0.2) is 5.16 Å². The van der Waals surface area contributed by atoms with Gasteiger partial charge < -0.3 is 9.88 Å². The van der Waals surface area contributed by atoms with Crippen LogP contribution in [0.3, 0.4) is 0 Å². The van der Waals surface area contributed by atoms with Crippen molar-refractivity contribution in [3.63, 3.8) is 0 Å². The Balaban J connectivity index is 1.79. The molecule has 0 atom stereocenters. The lowest BCUT2D eigenvalue weighted by atomic mass is 10.2. The Morgan fingerprint density at radius 1 is 1.32 bits per heavy atom. The van der Waals surface area contributed by atoms with Gasteiger partial charge in [0.25, 0.3) is 0 Å². The topological polar surface area (TPSA) is 150 Å². The first-order valence-electron chi connectivity index (χ1n) is 9.00. The van der Waals surface area contributed by atoms with Crippen LogP contribution in [0.15, 0.2) is 46.5 Å². The highest BCUT2D eigenvalue weighted by molar-refractivity contribution is 7.99. The van der Waals surface area contributed by atoms with E-state index in [1.54, 1.807) is 6.07 Å². The molecule has 3 aromatic rings. The maximum Gasteiger partial charge on any atom is 0.306 e. The third kappa shape index (κ3) is 5.18. The number of thioether (sulfide) groups is 1. The maximum absolute atomic E-state index is 13.4. The zero-order chi connectivity index (χ0) is 22.8. The fourth-order valence-electron chi connectivity index (χ4n) is 2.87. The molecule has 10 nitrogen and oxygen atoms in total. The highest BCUT2D eigenvalue weighted by Gasteiger charge is 2.18. The third-order valence-electron chi connectivity index (χ3n) is 4.22. The molecule has 0 aliphatic rings. The summed E-state index contributed by atoms with van der Waals surface area (Å²) in [6.45, 7) is 2.56. The van der Waals surface area contributed by atoms with Crippen LogP contribution < -0.4 is 10.5 Å². The van der Waals surface area contributed by atoms with Gasteiger partial charge in [-0.2, -0.15) is 4.39 Å². The number of imidazole rings is 1. The van der Waals surface area contributed by atoms with E-state index in [1.165, 1.54) is 18.2 Å². The lowest BCUT2D eigenvalue weighted by Crippen LogP contribution is -2.15. The monoisotopic (exact) mass is 467 g/mol. The molecule has 164 valence electrons. The molecular weight excluding hydrogens is 449 g/mol. The second kappa shape index (κ2) is 8.99. The predicted molar refractivity (Wildman–Crippen MR) is 114 cm³/mol. The van der Waals surface area contributed by atoms with Gasteiger partial charge in [-0.25, -0.2) is 18.5 Å². The van der Waals surface area contributed by atoms with E-state index in [4.69, 9.17) is 5.14 Å². The van der Waals surface area contributed by atoms with Crippen molar-refractivity contribution in [1.82, 2.24) is 9.55 Å². The molecule has 1 amide bonds. The molecule has 3 rings (SSSR count). The number of carbonyl (C=O) groups excluding carboxylic acids is 1. The summed E-state index contributed by atoms with van der Waals surface area (Å²) in [5.74, 6) is -1.53. The second-order valence-corrected chi connectivity index (χ2v) is 9.01. The lowest BCUT2D eigenvalue weighted by molar-refractivity contribution is -0.387. The fraction of sp³-hybridized carbons (Fsp3) is 0.222. The number of primary sulfonamides is 1. The first kappa shape index (κ1) is 22.7. The van der Waals surface area contributed by atoms with Gasteiger partial charge in [-0.05, 0) is 36.8 Å². The van der Waals surface area contributed by atoms with Crippen molar-refractivity contribution < 1.29 is 22.5 Å². The van der Waals surface area contributed by atoms with Crippen LogP contribution in [0.1, 0.15) is 13.3 Å². The second-order valence-electron chi connectivity index (χ2n) is 6.50. The number of benzene rings is 2. The van der Waals surface area contributed by atoms with E-state index in [0.29, 0.717) is 22.7 Å². The lowest BCUT2D eigenvalue weighted by Gasteiger charge is -2.08. The van der Waals surface area contributed by atoms with Crippen LogP contribution in [0.2, 0.25) is 0 Å². The van der Waals surface area contributed by atoms with Crippen molar-refractivity contribution in [2.24, 2.45) is 5.14 Å². The van der Waals surface area contributed by atoms with Gasteiger partial charge in [-0.15, -0.1) is 0 Å². The predicted octanol–water partition coefficient (Wildman–Crippen LogP) is 2.87. The standard InChI is InChI=1S/C18H18FN5O5S2/c1-2-7-23-15-6-4-12(31(20,28)29)9-14(15)22-18(23)30-10-17(25)21-11-3-5-13(19)16(8-11)24(26)27/h3-6,8-9H,2,7,10H2,1H3,(H,21,25)(H2,20,28,29). The van der Waals surface area contributed by atoms with E-state index in [9.17, 15) is 27.7 Å². The summed E-state index contributed by atoms with van der Waals surface area (Å²) >= 11 is 1.12. The summed E-state index contributed by atoms with van der Waals surface area (Å²) in [6.07, 6.45) is 0.779. The molecule has 0 saturated carbocycles. The van der Waals surface area contributed by atoms with Crippen LogP contribution in [-0.2, 0) is 21.4 Å². The molecule has 0 unspecified atom stereocenters. The highest BCUT2D eigenvalue weighted by Crippen LogP contribution is 2.27. The number of nitrogens with one attached hydrogen (secondary N) is 1. The number of nitro benzene ring substituents is 1. The number of nitrogens with two attached hydrogens (primary N) is 1. The van der Waals surface area contributed by atoms with Crippen LogP contribution in [-0.4, -0.2) is 34.6 Å². The van der Waals surface area contributed by atoms with E-state index in [-0.39, 0.29) is 16.3 Å². The average Bonchev–Trinajstić information content (AvgIpc) is 3.04. The molecule has 13 heteroatoms. The Labute approximate surface area is 180 Å². The van der Waals surface area contributed by atoms with Crippen LogP contribution in [0.4, 0.5) is 15.8 Å². The van der Waals surface area contributed by atoms with Crippen molar-refractivity contribution >= 4 is 50.1 Å². The molecule has 0 saturated heterocycles. The Kier molecular flexibility index (Phi) is 6.57. The van der Waals surface area contributed by atoms with Gasteiger partial charge >= 0.3 is 5.69 Å². The van der Waals surface area contributed by atoms with Crippen LogP contribution in [0.25, 0.3) is 11.0 Å². The summed E-state index contributed by atoms with van der Waals surface area (Å²) in [6, 6.07) is 7.46. The van der Waals surface area contributed by atoms with Gasteiger partial charge in [0, 0.05) is 18.3 Å². The summed E-state index contributed by atoms with van der Waals surface area (Å²) < 4.78 is 38.5. The van der Waals surface area contributed by atoms with Crippen LogP contribution in [0, 0.1) is 15.9 Å². The van der Waals surface area contributed by atoms with Crippen molar-refractivity contribution in [2.45, 2.75) is 29.9 Å². The largest absolute Gasteiger partial charge is 0.325 e. The van der Waals surface area contributed by atoms with Crippen molar-refractivity contribution in [2.75, 3.05) is 11.1 Å². The molecule has 31 heavy (non-hydrogen) atoms. The van der Waals surface area contributed by atoms with Gasteiger partial charge in [0.2, 0.25) is 21.7 Å². The van der Waals surface area contributed by atoms with Crippen molar-refractivity contribution in [3.05, 3.63) is 52.3 Å². The first-order valence-corrected chi connectivity index (χ1v) is 11.5. The zero-order valence-corrected chi connectivity index (χ0v) is 17.9. The number of nitro groups is 1. The number of aryl methyl sites for hydroxylation is 1. The third-order valence-corrected chi connectivity index (χ3v) is 6.11. The number of fused-ring (bicyclic) bond motifs is 1. The van der Waals surface area contributed by atoms with Crippen LogP contribution >= 0.6 is 11.8 Å². The molecular formula is C18H18FN5O5S2. The fourth-order valence-corrected chi connectivity index (χ4v) is 4.25. The number of nitrogens with zero attached hydrogens (tertiary/aromatic N) is 3. The number of hydrogen-bond donors (Lipinski definition) is 2. The Hall–Kier alpha value is -3.03. The quantitative estimate of drug-likeness (QED) is 0.294. The van der Waals surface area contributed by atoms with Crippen LogP contribution in [0.5, 0.6) is 0 Å². The van der Waals surface area contributed by atoms with Gasteiger partial charge in [-0.1, -0.05) is 18.7 Å². The van der Waals surface area contributed by atoms with Crippen molar-refractivity contribution in [1.29, 1.82) is 0 Å². The molecule has 1 heterocycles. The number of amides is 1. The minimum atomic E-state index is -3.88. The van der Waals surface area contributed by atoms with E-state index in [0.717, 1.165) is 30.3 Å². The number of anilines is 1. The van der Waals surface area contributed by atoms with Gasteiger partial charge in [0.05, 0.1) is 26.6 Å². The van der Waals surface area contributed by atoms with E-state index in [1.807, 2.05) is 11.5 Å². The number of sulfonamides is 1. The molecule has 0 spiro atoms. The minimum Gasteiger partial charge on any atom is -0.325 e. The number of aromatic nitrogens is 2.